The summed E-state index contributed by atoms with van der Waals surface area (Å²) in [5.41, 5.74) is 2.54. The molecule has 0 bridgehead atoms. The minimum Gasteiger partial charge on any atom is -0.480 e. The highest BCUT2D eigenvalue weighted by molar-refractivity contribution is 6.30. The van der Waals surface area contributed by atoms with Gasteiger partial charge in [-0.2, -0.15) is 0 Å². The lowest BCUT2D eigenvalue weighted by molar-refractivity contribution is -0.144. The lowest BCUT2D eigenvalue weighted by Gasteiger charge is -2.47. The van der Waals surface area contributed by atoms with E-state index in [1.54, 1.807) is 12.1 Å². The number of fused-ring (bicyclic) bond motifs is 2. The molecule has 1 saturated carbocycles. The van der Waals surface area contributed by atoms with E-state index < -0.39 is 11.5 Å². The SMILES string of the molecule is C[C@@H](CO)C[C@H]1Cc2ccccc2C12CCC(Nc1cccc(Cl)c1)(C(=O)O)CC2. The van der Waals surface area contributed by atoms with Gasteiger partial charge in [0.25, 0.3) is 0 Å². The molecule has 160 valence electrons. The molecule has 4 rings (SSSR count). The molecule has 5 heteroatoms. The Labute approximate surface area is 183 Å². The van der Waals surface area contributed by atoms with Gasteiger partial charge in [0.15, 0.2) is 0 Å². The summed E-state index contributed by atoms with van der Waals surface area (Å²) in [7, 11) is 0. The molecular formula is C25H30ClNO3. The van der Waals surface area contributed by atoms with Crippen LogP contribution in [0.2, 0.25) is 5.02 Å². The summed E-state index contributed by atoms with van der Waals surface area (Å²) in [5, 5.41) is 23.7. The van der Waals surface area contributed by atoms with Crippen LogP contribution in [0.5, 0.6) is 0 Å². The van der Waals surface area contributed by atoms with Gasteiger partial charge in [0.1, 0.15) is 5.54 Å². The number of nitrogens with one attached hydrogen (secondary N) is 1. The molecule has 2 atom stereocenters. The quantitative estimate of drug-likeness (QED) is 0.586. The predicted molar refractivity (Wildman–Crippen MR) is 120 cm³/mol. The second-order valence-corrected chi connectivity index (χ2v) is 9.70. The Balaban J connectivity index is 1.63. The van der Waals surface area contributed by atoms with Crippen molar-refractivity contribution in [3.8, 4) is 0 Å². The number of hydrogen-bond donors (Lipinski definition) is 3. The van der Waals surface area contributed by atoms with Crippen LogP contribution in [0, 0.1) is 11.8 Å². The molecule has 1 fully saturated rings. The van der Waals surface area contributed by atoms with Gasteiger partial charge in [-0.05, 0) is 85.1 Å². The van der Waals surface area contributed by atoms with E-state index in [0.29, 0.717) is 23.8 Å². The van der Waals surface area contributed by atoms with E-state index in [2.05, 4.69) is 36.5 Å². The molecule has 2 aromatic carbocycles. The highest BCUT2D eigenvalue weighted by Crippen LogP contribution is 2.56. The Morgan fingerprint density at radius 3 is 2.57 bits per heavy atom. The van der Waals surface area contributed by atoms with Gasteiger partial charge in [0.05, 0.1) is 0 Å². The van der Waals surface area contributed by atoms with E-state index in [1.165, 1.54) is 11.1 Å². The summed E-state index contributed by atoms with van der Waals surface area (Å²) < 4.78 is 0. The van der Waals surface area contributed by atoms with Crippen molar-refractivity contribution in [2.24, 2.45) is 11.8 Å². The number of anilines is 1. The fourth-order valence-electron chi connectivity index (χ4n) is 5.77. The van der Waals surface area contributed by atoms with Crippen LogP contribution in [0.15, 0.2) is 48.5 Å². The van der Waals surface area contributed by atoms with E-state index in [1.807, 2.05) is 12.1 Å². The molecule has 4 nitrogen and oxygen atoms in total. The van der Waals surface area contributed by atoms with Crippen LogP contribution in [-0.4, -0.2) is 28.3 Å². The van der Waals surface area contributed by atoms with E-state index in [4.69, 9.17) is 11.6 Å². The van der Waals surface area contributed by atoms with Crippen LogP contribution in [0.4, 0.5) is 5.69 Å². The van der Waals surface area contributed by atoms with Crippen molar-refractivity contribution in [1.29, 1.82) is 0 Å². The predicted octanol–water partition coefficient (Wildman–Crippen LogP) is 5.28. The maximum absolute atomic E-state index is 12.4. The fraction of sp³-hybridized carbons (Fsp3) is 0.480. The van der Waals surface area contributed by atoms with Gasteiger partial charge in [-0.25, -0.2) is 4.79 Å². The molecule has 0 saturated heterocycles. The lowest BCUT2D eigenvalue weighted by Crippen LogP contribution is -2.53. The molecule has 0 unspecified atom stereocenters. The Morgan fingerprint density at radius 1 is 1.17 bits per heavy atom. The summed E-state index contributed by atoms with van der Waals surface area (Å²) in [5.74, 6) is -0.115. The van der Waals surface area contributed by atoms with Crippen LogP contribution in [0.25, 0.3) is 0 Å². The summed E-state index contributed by atoms with van der Waals surface area (Å²) in [6.07, 6.45) is 4.76. The van der Waals surface area contributed by atoms with Gasteiger partial charge in [0.2, 0.25) is 0 Å². The lowest BCUT2D eigenvalue weighted by atomic mass is 9.59. The molecule has 2 aromatic rings. The minimum atomic E-state index is -0.986. The van der Waals surface area contributed by atoms with Crippen molar-refractivity contribution in [2.45, 2.75) is 56.4 Å². The second kappa shape index (κ2) is 8.24. The van der Waals surface area contributed by atoms with Gasteiger partial charge in [-0.3, -0.25) is 0 Å². The Kier molecular flexibility index (Phi) is 5.82. The van der Waals surface area contributed by atoms with Crippen LogP contribution in [0.1, 0.15) is 50.2 Å². The van der Waals surface area contributed by atoms with Crippen LogP contribution < -0.4 is 5.32 Å². The van der Waals surface area contributed by atoms with Crippen LogP contribution in [0.3, 0.4) is 0 Å². The summed E-state index contributed by atoms with van der Waals surface area (Å²) in [6, 6.07) is 15.9. The fourth-order valence-corrected chi connectivity index (χ4v) is 5.96. The zero-order valence-corrected chi connectivity index (χ0v) is 18.2. The van der Waals surface area contributed by atoms with Crippen LogP contribution >= 0.6 is 11.6 Å². The number of halogens is 1. The Morgan fingerprint density at radius 2 is 1.90 bits per heavy atom. The number of carbonyl (C=O) groups is 1. The third kappa shape index (κ3) is 3.72. The smallest absolute Gasteiger partial charge is 0.329 e. The first kappa shape index (κ1) is 21.2. The van der Waals surface area contributed by atoms with Gasteiger partial charge < -0.3 is 15.5 Å². The normalized spacial score (nSPS) is 28.8. The second-order valence-electron chi connectivity index (χ2n) is 9.26. The third-order valence-electron chi connectivity index (χ3n) is 7.41. The Hall–Kier alpha value is -2.04. The zero-order chi connectivity index (χ0) is 21.4. The average molecular weight is 428 g/mol. The van der Waals surface area contributed by atoms with Gasteiger partial charge in [0, 0.05) is 17.3 Å². The number of hydrogen-bond acceptors (Lipinski definition) is 3. The van der Waals surface area contributed by atoms with Crippen molar-refractivity contribution in [2.75, 3.05) is 11.9 Å². The molecular weight excluding hydrogens is 398 g/mol. The number of aliphatic carboxylic acids is 1. The van der Waals surface area contributed by atoms with Crippen molar-refractivity contribution in [3.05, 3.63) is 64.7 Å². The average Bonchev–Trinajstić information content (AvgIpc) is 3.03. The maximum atomic E-state index is 12.4. The highest BCUT2D eigenvalue weighted by atomic mass is 35.5. The Bertz CT molecular complexity index is 920. The monoisotopic (exact) mass is 427 g/mol. The molecule has 0 amide bonds. The first-order chi connectivity index (χ1) is 14.4. The molecule has 30 heavy (non-hydrogen) atoms. The number of carboxylic acids is 1. The molecule has 0 radical (unpaired) electrons. The third-order valence-corrected chi connectivity index (χ3v) is 7.65. The first-order valence-electron chi connectivity index (χ1n) is 10.8. The molecule has 0 aliphatic heterocycles. The summed E-state index contributed by atoms with van der Waals surface area (Å²) >= 11 is 6.12. The molecule has 1 spiro atoms. The molecule has 0 heterocycles. The van der Waals surface area contributed by atoms with E-state index in [9.17, 15) is 15.0 Å². The number of carboxylic acid groups (broad SMARTS) is 1. The van der Waals surface area contributed by atoms with Crippen molar-refractivity contribution >= 4 is 23.3 Å². The number of aliphatic hydroxyl groups excluding tert-OH is 1. The first-order valence-corrected chi connectivity index (χ1v) is 11.2. The standard InChI is InChI=1S/C25H30ClNO3/c1-17(16-28)13-19-14-18-5-2-3-8-22(18)24(19)9-11-25(12-10-24,23(29)30)27-21-7-4-6-20(26)15-21/h2-8,15,17,19,27-28H,9-14,16H2,1H3,(H,29,30)/t17-,19+,24?,25?/m1/s1. The van der Waals surface area contributed by atoms with Gasteiger partial charge in [-0.15, -0.1) is 0 Å². The topological polar surface area (TPSA) is 69.6 Å². The number of rotatable bonds is 6. The molecule has 0 aromatic heterocycles. The zero-order valence-electron chi connectivity index (χ0n) is 17.4. The maximum Gasteiger partial charge on any atom is 0.329 e. The van der Waals surface area contributed by atoms with Gasteiger partial charge >= 0.3 is 5.97 Å². The van der Waals surface area contributed by atoms with E-state index >= 15 is 0 Å². The minimum absolute atomic E-state index is 0.00497. The number of benzene rings is 2. The van der Waals surface area contributed by atoms with Crippen LogP contribution in [-0.2, 0) is 16.6 Å². The van der Waals surface area contributed by atoms with Crippen molar-refractivity contribution in [1.82, 2.24) is 0 Å². The molecule has 2 aliphatic rings. The number of aliphatic hydroxyl groups is 1. The summed E-state index contributed by atoms with van der Waals surface area (Å²) in [4.78, 5) is 12.4. The van der Waals surface area contributed by atoms with Crippen molar-refractivity contribution in [3.63, 3.8) is 0 Å². The highest BCUT2D eigenvalue weighted by Gasteiger charge is 2.53. The molecule has 2 aliphatic carbocycles. The van der Waals surface area contributed by atoms with Crippen molar-refractivity contribution < 1.29 is 15.0 Å². The van der Waals surface area contributed by atoms with E-state index in [-0.39, 0.29) is 17.9 Å². The van der Waals surface area contributed by atoms with E-state index in [0.717, 1.165) is 31.4 Å². The van der Waals surface area contributed by atoms with Gasteiger partial charge in [-0.1, -0.05) is 48.9 Å². The summed E-state index contributed by atoms with van der Waals surface area (Å²) in [6.45, 7) is 2.29. The largest absolute Gasteiger partial charge is 0.480 e. The molecule has 3 N–H and O–H groups in total.